The Kier molecular flexibility index (Phi) is 6.13. The van der Waals surface area contributed by atoms with Crippen LogP contribution in [0, 0.1) is 0 Å². The van der Waals surface area contributed by atoms with Crippen molar-refractivity contribution in [3.8, 4) is 56.0 Å². The topological polar surface area (TPSA) is 38.9 Å². The van der Waals surface area contributed by atoms with Crippen LogP contribution < -0.4 is 0 Å². The van der Waals surface area contributed by atoms with E-state index in [4.69, 9.17) is 14.4 Å². The smallest absolute Gasteiger partial charge is 0.161 e. The third-order valence-corrected chi connectivity index (χ3v) is 11.6. The molecule has 11 rings (SSSR count). The van der Waals surface area contributed by atoms with Gasteiger partial charge in [0.2, 0.25) is 0 Å². The van der Waals surface area contributed by atoms with Crippen molar-refractivity contribution in [2.24, 2.45) is 0 Å². The maximum absolute atomic E-state index is 6.32. The van der Waals surface area contributed by atoms with Crippen LogP contribution in [0.15, 0.2) is 150 Å². The van der Waals surface area contributed by atoms with Gasteiger partial charge >= 0.3 is 0 Å². The van der Waals surface area contributed by atoms with Gasteiger partial charge in [0.25, 0.3) is 0 Å². The van der Waals surface area contributed by atoms with Crippen LogP contribution in [0.25, 0.3) is 88.9 Å². The summed E-state index contributed by atoms with van der Waals surface area (Å²) in [6, 6.07) is 52.5. The molecule has 0 unspecified atom stereocenters. The minimum absolute atomic E-state index is 0.0727. The first kappa shape index (κ1) is 29.4. The minimum atomic E-state index is -0.0727. The number of para-hydroxylation sites is 1. The summed E-state index contributed by atoms with van der Waals surface area (Å²) >= 11 is 0. The molecule has 0 radical (unpaired) electrons. The summed E-state index contributed by atoms with van der Waals surface area (Å²) in [5.41, 5.74) is 18.7. The largest absolute Gasteiger partial charge is 0.456 e. The van der Waals surface area contributed by atoms with Gasteiger partial charge in [0, 0.05) is 32.7 Å². The van der Waals surface area contributed by atoms with Crippen LogP contribution in [0.3, 0.4) is 0 Å². The third kappa shape index (κ3) is 4.14. The quantitative estimate of drug-likeness (QED) is 0.188. The van der Waals surface area contributed by atoms with E-state index in [9.17, 15) is 0 Å². The zero-order valence-electron chi connectivity index (χ0n) is 29.1. The van der Waals surface area contributed by atoms with Gasteiger partial charge in [-0.3, -0.25) is 0 Å². The second-order valence-corrected chi connectivity index (χ2v) is 14.8. The molecule has 0 amide bonds. The molecule has 0 spiro atoms. The zero-order chi connectivity index (χ0) is 34.6. The Labute approximate surface area is 302 Å². The molecule has 246 valence electrons. The number of nitrogens with zero attached hydrogens (tertiary/aromatic N) is 2. The zero-order valence-corrected chi connectivity index (χ0v) is 29.1. The van der Waals surface area contributed by atoms with Gasteiger partial charge in [0.1, 0.15) is 11.2 Å². The molecule has 0 bridgehead atoms. The number of furan rings is 1. The van der Waals surface area contributed by atoms with Crippen LogP contribution >= 0.6 is 0 Å². The molecule has 0 atom stereocenters. The van der Waals surface area contributed by atoms with E-state index in [2.05, 4.69) is 135 Å². The molecular weight excluding hydrogens is 633 g/mol. The minimum Gasteiger partial charge on any atom is -0.456 e. The molecule has 0 saturated heterocycles. The van der Waals surface area contributed by atoms with Gasteiger partial charge in [-0.1, -0.05) is 135 Å². The molecule has 0 N–H and O–H groups in total. The molecule has 2 aromatic heterocycles. The first-order chi connectivity index (χ1) is 25.5. The summed E-state index contributed by atoms with van der Waals surface area (Å²) in [6.07, 6.45) is 2.05. The van der Waals surface area contributed by atoms with Gasteiger partial charge in [0.15, 0.2) is 5.82 Å². The number of hydrogen-bond donors (Lipinski definition) is 0. The van der Waals surface area contributed by atoms with Crippen molar-refractivity contribution >= 4 is 32.8 Å². The molecule has 0 aliphatic heterocycles. The highest BCUT2D eigenvalue weighted by Crippen LogP contribution is 2.52. The Morgan fingerprint density at radius 3 is 2.12 bits per heavy atom. The lowest BCUT2D eigenvalue weighted by Gasteiger charge is -2.23. The molecule has 0 fully saturated rings. The van der Waals surface area contributed by atoms with Crippen LogP contribution in [-0.2, 0) is 18.3 Å². The second-order valence-electron chi connectivity index (χ2n) is 14.8. The number of fused-ring (bicyclic) bond motifs is 10. The van der Waals surface area contributed by atoms with Crippen LogP contribution in [-0.4, -0.2) is 9.97 Å². The summed E-state index contributed by atoms with van der Waals surface area (Å²) in [6.45, 7) is 4.69. The Bertz CT molecular complexity index is 2950. The Hall–Kier alpha value is -6.32. The Balaban J connectivity index is 1.21. The van der Waals surface area contributed by atoms with Crippen LogP contribution in [0.4, 0.5) is 0 Å². The summed E-state index contributed by atoms with van der Waals surface area (Å²) in [5, 5.41) is 3.16. The van der Waals surface area contributed by atoms with Crippen molar-refractivity contribution in [1.29, 1.82) is 0 Å². The molecule has 3 heteroatoms. The van der Waals surface area contributed by atoms with Crippen molar-refractivity contribution in [3.05, 3.63) is 168 Å². The van der Waals surface area contributed by atoms with E-state index in [0.29, 0.717) is 5.82 Å². The molecule has 3 nitrogen and oxygen atoms in total. The lowest BCUT2D eigenvalue weighted by atomic mass is 9.81. The number of benzene rings is 7. The number of rotatable bonds is 3. The Morgan fingerprint density at radius 2 is 1.17 bits per heavy atom. The molecule has 2 aliphatic carbocycles. The third-order valence-electron chi connectivity index (χ3n) is 11.6. The van der Waals surface area contributed by atoms with Gasteiger partial charge in [-0.25, -0.2) is 9.97 Å². The van der Waals surface area contributed by atoms with Gasteiger partial charge < -0.3 is 4.42 Å². The van der Waals surface area contributed by atoms with Crippen molar-refractivity contribution in [1.82, 2.24) is 9.97 Å². The standard InChI is InChI=1S/C49H34N2O/c1-49(2)39-20-7-5-15-34(39)45-33(17-10-21-40(45)49)31-26-27-41-38(28-31)47(36-18-9-13-30-25-24-29-12-3-4-14-32(29)44(30)36)51-48(50-41)37-19-11-23-43-46(37)35-16-6-8-22-42(35)52-43/h3-23,26-28H,24-25H2,1-2H3. The van der Waals surface area contributed by atoms with Crippen molar-refractivity contribution in [3.63, 3.8) is 0 Å². The van der Waals surface area contributed by atoms with E-state index in [1.165, 1.54) is 55.6 Å². The maximum atomic E-state index is 6.32. The van der Waals surface area contributed by atoms with E-state index in [1.54, 1.807) is 0 Å². The van der Waals surface area contributed by atoms with Gasteiger partial charge in [-0.15, -0.1) is 0 Å². The predicted molar refractivity (Wildman–Crippen MR) is 214 cm³/mol. The van der Waals surface area contributed by atoms with E-state index in [0.717, 1.165) is 62.5 Å². The van der Waals surface area contributed by atoms with E-state index in [-0.39, 0.29) is 5.41 Å². The summed E-state index contributed by atoms with van der Waals surface area (Å²) in [7, 11) is 0. The van der Waals surface area contributed by atoms with Gasteiger partial charge in [0.05, 0.1) is 11.2 Å². The average molecular weight is 667 g/mol. The number of aromatic nitrogens is 2. The number of hydrogen-bond acceptors (Lipinski definition) is 3. The van der Waals surface area contributed by atoms with E-state index in [1.807, 2.05) is 24.3 Å². The Morgan fingerprint density at radius 1 is 0.500 bits per heavy atom. The lowest BCUT2D eigenvalue weighted by molar-refractivity contribution is 0.660. The number of aryl methyl sites for hydroxylation is 2. The van der Waals surface area contributed by atoms with Crippen LogP contribution in [0.5, 0.6) is 0 Å². The van der Waals surface area contributed by atoms with Gasteiger partial charge in [-0.05, 0) is 92.7 Å². The summed E-state index contributed by atoms with van der Waals surface area (Å²) in [5.74, 6) is 0.699. The van der Waals surface area contributed by atoms with Crippen molar-refractivity contribution in [2.45, 2.75) is 32.1 Å². The molecule has 9 aromatic rings. The summed E-state index contributed by atoms with van der Waals surface area (Å²) in [4.78, 5) is 10.9. The molecule has 7 aromatic carbocycles. The first-order valence-corrected chi connectivity index (χ1v) is 18.2. The first-order valence-electron chi connectivity index (χ1n) is 18.2. The fourth-order valence-corrected chi connectivity index (χ4v) is 9.15. The van der Waals surface area contributed by atoms with E-state index < -0.39 is 0 Å². The van der Waals surface area contributed by atoms with Crippen molar-refractivity contribution in [2.75, 3.05) is 0 Å². The summed E-state index contributed by atoms with van der Waals surface area (Å²) < 4.78 is 6.32. The van der Waals surface area contributed by atoms with Crippen LogP contribution in [0.1, 0.15) is 36.1 Å². The molecule has 52 heavy (non-hydrogen) atoms. The average Bonchev–Trinajstić information content (AvgIpc) is 3.69. The van der Waals surface area contributed by atoms with Crippen LogP contribution in [0.2, 0.25) is 0 Å². The lowest BCUT2D eigenvalue weighted by Crippen LogP contribution is -2.14. The van der Waals surface area contributed by atoms with Crippen molar-refractivity contribution < 1.29 is 4.42 Å². The fraction of sp³-hybridized carbons (Fsp3) is 0.102. The highest BCUT2D eigenvalue weighted by atomic mass is 16.3. The SMILES string of the molecule is CC1(C)c2ccccc2-c2c(-c3ccc4nc(-c5cccc6oc7ccccc7c56)nc(-c5cccc6c5-c5ccccc5CC6)c4c3)cccc21. The predicted octanol–water partition coefficient (Wildman–Crippen LogP) is 12.6. The molecule has 2 heterocycles. The molecular formula is C49H34N2O. The molecule has 2 aliphatic rings. The normalized spacial score (nSPS) is 14.0. The highest BCUT2D eigenvalue weighted by Gasteiger charge is 2.36. The fourth-order valence-electron chi connectivity index (χ4n) is 9.15. The maximum Gasteiger partial charge on any atom is 0.161 e. The second kappa shape index (κ2) is 10.8. The van der Waals surface area contributed by atoms with E-state index >= 15 is 0 Å². The highest BCUT2D eigenvalue weighted by molar-refractivity contribution is 6.12. The van der Waals surface area contributed by atoms with Gasteiger partial charge in [-0.2, -0.15) is 0 Å². The molecule has 0 saturated carbocycles. The monoisotopic (exact) mass is 666 g/mol.